The number of fused-ring (bicyclic) bond motifs is 2. The number of hydrogen-bond donors (Lipinski definition) is 0. The molecule has 0 saturated carbocycles. The van der Waals surface area contributed by atoms with Crippen molar-refractivity contribution in [3.05, 3.63) is 62.9 Å². The largest absolute Gasteiger partial charge is 0.458 e. The summed E-state index contributed by atoms with van der Waals surface area (Å²) < 4.78 is 10.7. The van der Waals surface area contributed by atoms with Crippen LogP contribution in [-0.4, -0.2) is 17.6 Å². The number of benzene rings is 1. The first-order valence-corrected chi connectivity index (χ1v) is 7.62. The summed E-state index contributed by atoms with van der Waals surface area (Å²) in [5.74, 6) is -0.566. The van der Waals surface area contributed by atoms with E-state index >= 15 is 0 Å². The Balaban J connectivity index is 2.29. The molecule has 0 spiro atoms. The lowest BCUT2D eigenvalue weighted by Gasteiger charge is -2.08. The Kier molecular flexibility index (Phi) is 4.11. The number of aromatic nitrogens is 1. The molecule has 0 unspecified atom stereocenters. The molecule has 0 aliphatic heterocycles. The Morgan fingerprint density at radius 2 is 2.08 bits per heavy atom. The van der Waals surface area contributed by atoms with E-state index in [1.807, 2.05) is 6.92 Å². The van der Waals surface area contributed by atoms with Crippen LogP contribution in [0.25, 0.3) is 22.1 Å². The van der Waals surface area contributed by atoms with Crippen LogP contribution < -0.4 is 5.43 Å². The summed E-state index contributed by atoms with van der Waals surface area (Å²) in [6.45, 7) is 7.05. The Bertz CT molecular complexity index is 1050. The molecule has 5 nitrogen and oxygen atoms in total. The second-order valence-corrected chi connectivity index (χ2v) is 5.80. The van der Waals surface area contributed by atoms with Gasteiger partial charge in [0, 0.05) is 5.02 Å². The Morgan fingerprint density at radius 3 is 2.79 bits per heavy atom. The molecule has 2 heterocycles. The molecule has 0 atom stereocenters. The van der Waals surface area contributed by atoms with Gasteiger partial charge in [0.25, 0.3) is 0 Å². The van der Waals surface area contributed by atoms with Gasteiger partial charge in [-0.25, -0.2) is 9.78 Å². The fraction of sp³-hybridized carbons (Fsp3) is 0.167. The van der Waals surface area contributed by atoms with Crippen molar-refractivity contribution < 1.29 is 13.9 Å². The third-order valence-electron chi connectivity index (χ3n) is 3.69. The third-order valence-corrected chi connectivity index (χ3v) is 4.09. The van der Waals surface area contributed by atoms with Crippen LogP contribution in [0.2, 0.25) is 5.02 Å². The van der Waals surface area contributed by atoms with Crippen molar-refractivity contribution in [1.82, 2.24) is 4.98 Å². The molecule has 0 radical (unpaired) electrons. The number of ether oxygens (including phenoxy) is 1. The lowest BCUT2D eigenvalue weighted by Crippen LogP contribution is -2.11. The van der Waals surface area contributed by atoms with Gasteiger partial charge in [-0.2, -0.15) is 0 Å². The summed E-state index contributed by atoms with van der Waals surface area (Å²) in [5.41, 5.74) is 1.72. The lowest BCUT2D eigenvalue weighted by atomic mass is 10.1. The molecule has 0 bridgehead atoms. The van der Waals surface area contributed by atoms with Crippen LogP contribution in [0.4, 0.5) is 0 Å². The van der Waals surface area contributed by atoms with Crippen LogP contribution in [0, 0.1) is 13.8 Å². The van der Waals surface area contributed by atoms with E-state index in [0.717, 1.165) is 5.56 Å². The highest BCUT2D eigenvalue weighted by Crippen LogP contribution is 2.25. The van der Waals surface area contributed by atoms with Crippen molar-refractivity contribution >= 4 is 39.6 Å². The summed E-state index contributed by atoms with van der Waals surface area (Å²) in [5, 5.41) is 1.02. The lowest BCUT2D eigenvalue weighted by molar-refractivity contribution is 0.0548. The zero-order chi connectivity index (χ0) is 17.4. The van der Waals surface area contributed by atoms with E-state index in [2.05, 4.69) is 11.6 Å². The SMILES string of the molecule is C=CCOC(=O)c1cc2c(=O)c3cc(Cl)c(C)cc3oc2nc1C. The summed E-state index contributed by atoms with van der Waals surface area (Å²) in [7, 11) is 0. The van der Waals surface area contributed by atoms with Gasteiger partial charge in [-0.15, -0.1) is 0 Å². The average molecular weight is 344 g/mol. The molecule has 0 fully saturated rings. The van der Waals surface area contributed by atoms with Gasteiger partial charge in [0.05, 0.1) is 22.0 Å². The number of hydrogen-bond acceptors (Lipinski definition) is 5. The molecule has 0 amide bonds. The Labute approximate surface area is 142 Å². The normalized spacial score (nSPS) is 11.0. The molecule has 0 aliphatic carbocycles. The van der Waals surface area contributed by atoms with Crippen LogP contribution in [0.1, 0.15) is 21.6 Å². The smallest absolute Gasteiger partial charge is 0.340 e. The highest BCUT2D eigenvalue weighted by atomic mass is 35.5. The monoisotopic (exact) mass is 343 g/mol. The molecule has 1 aromatic carbocycles. The van der Waals surface area contributed by atoms with E-state index in [1.165, 1.54) is 12.1 Å². The Morgan fingerprint density at radius 1 is 1.33 bits per heavy atom. The molecule has 122 valence electrons. The number of carbonyl (C=O) groups excluding carboxylic acids is 1. The fourth-order valence-corrected chi connectivity index (χ4v) is 2.57. The van der Waals surface area contributed by atoms with Gasteiger partial charge < -0.3 is 9.15 Å². The van der Waals surface area contributed by atoms with E-state index in [0.29, 0.717) is 21.7 Å². The van der Waals surface area contributed by atoms with E-state index in [-0.39, 0.29) is 28.7 Å². The van der Waals surface area contributed by atoms with Gasteiger partial charge in [-0.1, -0.05) is 24.3 Å². The van der Waals surface area contributed by atoms with Crippen molar-refractivity contribution in [3.63, 3.8) is 0 Å². The standard InChI is InChI=1S/C18H14ClNO4/c1-4-5-23-18(22)11-7-13-16(21)12-8-14(19)9(2)6-15(12)24-17(13)20-10(11)3/h4,6-8H,1,5H2,2-3H3. The highest BCUT2D eigenvalue weighted by Gasteiger charge is 2.17. The predicted octanol–water partition coefficient (Wildman–Crippen LogP) is 3.95. The molecule has 3 aromatic rings. The van der Waals surface area contributed by atoms with Gasteiger partial charge in [-0.3, -0.25) is 4.79 Å². The molecular weight excluding hydrogens is 330 g/mol. The van der Waals surface area contributed by atoms with Crippen LogP contribution >= 0.6 is 11.6 Å². The first-order valence-electron chi connectivity index (χ1n) is 7.24. The molecule has 0 aliphatic rings. The molecule has 0 saturated heterocycles. The van der Waals surface area contributed by atoms with Gasteiger partial charge in [0.2, 0.25) is 11.1 Å². The number of pyridine rings is 1. The van der Waals surface area contributed by atoms with Gasteiger partial charge in [-0.05, 0) is 37.6 Å². The number of rotatable bonds is 3. The number of aryl methyl sites for hydroxylation is 2. The van der Waals surface area contributed by atoms with Crippen molar-refractivity contribution in [2.45, 2.75) is 13.8 Å². The molecule has 2 aromatic heterocycles. The van der Waals surface area contributed by atoms with Crippen LogP contribution in [0.15, 0.2) is 40.1 Å². The van der Waals surface area contributed by atoms with E-state index in [1.54, 1.807) is 19.1 Å². The maximum atomic E-state index is 12.7. The van der Waals surface area contributed by atoms with E-state index < -0.39 is 5.97 Å². The second kappa shape index (κ2) is 6.09. The minimum Gasteiger partial charge on any atom is -0.458 e. The van der Waals surface area contributed by atoms with Crippen LogP contribution in [0.3, 0.4) is 0 Å². The summed E-state index contributed by atoms with van der Waals surface area (Å²) in [6.07, 6.45) is 1.47. The minimum atomic E-state index is -0.566. The molecule has 6 heteroatoms. The van der Waals surface area contributed by atoms with Crippen molar-refractivity contribution in [2.75, 3.05) is 6.61 Å². The summed E-state index contributed by atoms with van der Waals surface area (Å²) >= 11 is 6.10. The van der Waals surface area contributed by atoms with Gasteiger partial charge >= 0.3 is 5.97 Å². The zero-order valence-electron chi connectivity index (χ0n) is 13.2. The third kappa shape index (κ3) is 2.67. The van der Waals surface area contributed by atoms with Crippen molar-refractivity contribution in [1.29, 1.82) is 0 Å². The Hall–Kier alpha value is -2.66. The van der Waals surface area contributed by atoms with Crippen LogP contribution in [0.5, 0.6) is 0 Å². The first-order chi connectivity index (χ1) is 11.4. The quantitative estimate of drug-likeness (QED) is 0.409. The topological polar surface area (TPSA) is 69.4 Å². The first kappa shape index (κ1) is 16.2. The van der Waals surface area contributed by atoms with Gasteiger partial charge in [0.15, 0.2) is 0 Å². The van der Waals surface area contributed by atoms with Gasteiger partial charge in [0.1, 0.15) is 12.2 Å². The fourth-order valence-electron chi connectivity index (χ4n) is 2.41. The zero-order valence-corrected chi connectivity index (χ0v) is 13.9. The van der Waals surface area contributed by atoms with Crippen LogP contribution in [-0.2, 0) is 4.74 Å². The molecule has 0 N–H and O–H groups in total. The number of halogens is 1. The number of nitrogens with zero attached hydrogens (tertiary/aromatic N) is 1. The minimum absolute atomic E-state index is 0.0809. The average Bonchev–Trinajstić information content (AvgIpc) is 2.54. The predicted molar refractivity (Wildman–Crippen MR) is 92.7 cm³/mol. The molecular formula is C18H14ClNO4. The van der Waals surface area contributed by atoms with E-state index in [9.17, 15) is 9.59 Å². The van der Waals surface area contributed by atoms with E-state index in [4.69, 9.17) is 20.8 Å². The summed E-state index contributed by atoms with van der Waals surface area (Å²) in [6, 6.07) is 4.71. The second-order valence-electron chi connectivity index (χ2n) is 5.39. The van der Waals surface area contributed by atoms with Crippen molar-refractivity contribution in [2.24, 2.45) is 0 Å². The summed E-state index contributed by atoms with van der Waals surface area (Å²) in [4.78, 5) is 29.0. The maximum Gasteiger partial charge on any atom is 0.340 e. The highest BCUT2D eigenvalue weighted by molar-refractivity contribution is 6.32. The van der Waals surface area contributed by atoms with Crippen molar-refractivity contribution in [3.8, 4) is 0 Å². The molecule has 3 rings (SSSR count). The maximum absolute atomic E-state index is 12.7. The molecule has 24 heavy (non-hydrogen) atoms. The number of esters is 1. The number of carbonyl (C=O) groups is 1.